The van der Waals surface area contributed by atoms with Crippen LogP contribution in [0.3, 0.4) is 0 Å². The Bertz CT molecular complexity index is 296. The first-order valence-corrected chi connectivity index (χ1v) is 7.96. The highest BCUT2D eigenvalue weighted by atomic mass is 16.1. The molecule has 1 amide bonds. The number of nitrogens with zero attached hydrogens (tertiary/aromatic N) is 1. The van der Waals surface area contributed by atoms with Crippen molar-refractivity contribution in [3.63, 3.8) is 0 Å². The number of hydrogen-bond donors (Lipinski definition) is 2. The second kappa shape index (κ2) is 6.71. The Morgan fingerprint density at radius 1 is 1.26 bits per heavy atom. The molecule has 19 heavy (non-hydrogen) atoms. The van der Waals surface area contributed by atoms with E-state index in [-0.39, 0.29) is 5.91 Å². The zero-order valence-corrected chi connectivity index (χ0v) is 12.3. The first-order chi connectivity index (χ1) is 9.19. The molecule has 2 rings (SSSR count). The zero-order valence-electron chi connectivity index (χ0n) is 12.3. The SMILES string of the molecule is CCCNC(CN1CCCCCC1)(C(N)=O)C1CC1. The summed E-state index contributed by atoms with van der Waals surface area (Å²) in [6.45, 7) is 6.07. The lowest BCUT2D eigenvalue weighted by molar-refractivity contribution is -0.126. The number of nitrogens with two attached hydrogens (primary N) is 1. The number of primary amides is 1. The molecule has 3 N–H and O–H groups in total. The molecule has 1 heterocycles. The third-order valence-corrected chi connectivity index (χ3v) is 4.58. The average Bonchev–Trinajstić information content (AvgIpc) is 3.21. The smallest absolute Gasteiger partial charge is 0.239 e. The number of likely N-dealkylation sites (tertiary alicyclic amines) is 1. The molecule has 1 atom stereocenters. The van der Waals surface area contributed by atoms with E-state index in [0.29, 0.717) is 5.92 Å². The van der Waals surface area contributed by atoms with E-state index in [0.717, 1.165) is 45.4 Å². The average molecular weight is 267 g/mol. The van der Waals surface area contributed by atoms with Crippen molar-refractivity contribution in [1.82, 2.24) is 10.2 Å². The van der Waals surface area contributed by atoms with Crippen molar-refractivity contribution < 1.29 is 4.79 Å². The molecule has 0 aromatic rings. The topological polar surface area (TPSA) is 58.4 Å². The second-order valence-corrected chi connectivity index (χ2v) is 6.23. The maximum atomic E-state index is 12.1. The molecule has 1 aliphatic heterocycles. The monoisotopic (exact) mass is 267 g/mol. The van der Waals surface area contributed by atoms with E-state index in [1.165, 1.54) is 25.7 Å². The number of rotatable bonds is 7. The van der Waals surface area contributed by atoms with Gasteiger partial charge in [-0.05, 0) is 57.7 Å². The molecule has 4 heteroatoms. The van der Waals surface area contributed by atoms with Gasteiger partial charge in [0.05, 0.1) is 0 Å². The highest BCUT2D eigenvalue weighted by Crippen LogP contribution is 2.40. The largest absolute Gasteiger partial charge is 0.368 e. The molecule has 1 saturated heterocycles. The molecule has 0 radical (unpaired) electrons. The number of carbonyl (C=O) groups excluding carboxylic acids is 1. The fourth-order valence-corrected chi connectivity index (χ4v) is 3.27. The first kappa shape index (κ1) is 14.8. The van der Waals surface area contributed by atoms with Gasteiger partial charge in [-0.1, -0.05) is 19.8 Å². The summed E-state index contributed by atoms with van der Waals surface area (Å²) in [7, 11) is 0. The van der Waals surface area contributed by atoms with E-state index >= 15 is 0 Å². The summed E-state index contributed by atoms with van der Waals surface area (Å²) in [4.78, 5) is 14.6. The van der Waals surface area contributed by atoms with E-state index in [9.17, 15) is 4.79 Å². The van der Waals surface area contributed by atoms with Crippen LogP contribution < -0.4 is 11.1 Å². The lowest BCUT2D eigenvalue weighted by Gasteiger charge is -2.37. The Kier molecular flexibility index (Phi) is 5.22. The van der Waals surface area contributed by atoms with E-state index < -0.39 is 5.54 Å². The second-order valence-electron chi connectivity index (χ2n) is 6.23. The molecule has 0 bridgehead atoms. The first-order valence-electron chi connectivity index (χ1n) is 7.96. The van der Waals surface area contributed by atoms with Crippen molar-refractivity contribution in [2.24, 2.45) is 11.7 Å². The summed E-state index contributed by atoms with van der Waals surface area (Å²) in [5.41, 5.74) is 5.31. The lowest BCUT2D eigenvalue weighted by Crippen LogP contribution is -2.63. The van der Waals surface area contributed by atoms with Gasteiger partial charge in [-0.3, -0.25) is 4.79 Å². The molecular formula is C15H29N3O. The van der Waals surface area contributed by atoms with E-state index in [1.807, 2.05) is 0 Å². The van der Waals surface area contributed by atoms with Crippen LogP contribution in [0.15, 0.2) is 0 Å². The quantitative estimate of drug-likeness (QED) is 0.735. The Hall–Kier alpha value is -0.610. The number of nitrogens with one attached hydrogen (secondary N) is 1. The summed E-state index contributed by atoms with van der Waals surface area (Å²) in [6, 6.07) is 0. The molecule has 0 spiro atoms. The van der Waals surface area contributed by atoms with E-state index in [1.54, 1.807) is 0 Å². The third-order valence-electron chi connectivity index (χ3n) is 4.58. The van der Waals surface area contributed by atoms with Crippen molar-refractivity contribution in [2.75, 3.05) is 26.2 Å². The van der Waals surface area contributed by atoms with Crippen molar-refractivity contribution in [3.8, 4) is 0 Å². The van der Waals surface area contributed by atoms with Crippen LogP contribution in [0.25, 0.3) is 0 Å². The number of amides is 1. The number of carbonyl (C=O) groups is 1. The van der Waals surface area contributed by atoms with Crippen LogP contribution in [-0.4, -0.2) is 42.5 Å². The van der Waals surface area contributed by atoms with Crippen molar-refractivity contribution in [2.45, 2.75) is 57.4 Å². The van der Waals surface area contributed by atoms with Crippen molar-refractivity contribution in [3.05, 3.63) is 0 Å². The molecule has 0 aromatic carbocycles. The Morgan fingerprint density at radius 2 is 1.89 bits per heavy atom. The minimum absolute atomic E-state index is 0.146. The van der Waals surface area contributed by atoms with E-state index in [4.69, 9.17) is 5.73 Å². The number of hydrogen-bond acceptors (Lipinski definition) is 3. The molecule has 1 aliphatic carbocycles. The molecular weight excluding hydrogens is 238 g/mol. The summed E-state index contributed by atoms with van der Waals surface area (Å²) in [5, 5.41) is 3.50. The van der Waals surface area contributed by atoms with E-state index in [2.05, 4.69) is 17.1 Å². The third kappa shape index (κ3) is 3.69. The molecule has 2 fully saturated rings. The van der Waals surface area contributed by atoms with Gasteiger partial charge in [0.1, 0.15) is 5.54 Å². The maximum Gasteiger partial charge on any atom is 0.239 e. The van der Waals surface area contributed by atoms with Crippen LogP contribution in [0.1, 0.15) is 51.9 Å². The van der Waals surface area contributed by atoms with Gasteiger partial charge >= 0.3 is 0 Å². The summed E-state index contributed by atoms with van der Waals surface area (Å²) in [5.74, 6) is 0.312. The highest BCUT2D eigenvalue weighted by molar-refractivity contribution is 5.86. The maximum absolute atomic E-state index is 12.1. The highest BCUT2D eigenvalue weighted by Gasteiger charge is 2.50. The Morgan fingerprint density at radius 3 is 2.37 bits per heavy atom. The minimum atomic E-state index is -0.472. The van der Waals surface area contributed by atoms with Crippen LogP contribution in [0, 0.1) is 5.92 Å². The predicted molar refractivity (Wildman–Crippen MR) is 77.9 cm³/mol. The van der Waals surface area contributed by atoms with Crippen molar-refractivity contribution in [1.29, 1.82) is 0 Å². The lowest BCUT2D eigenvalue weighted by atomic mass is 9.91. The summed E-state index contributed by atoms with van der Waals surface area (Å²) in [6.07, 6.45) is 8.50. The van der Waals surface area contributed by atoms with Gasteiger partial charge in [-0.25, -0.2) is 0 Å². The van der Waals surface area contributed by atoms with Gasteiger partial charge in [-0.15, -0.1) is 0 Å². The molecule has 110 valence electrons. The Balaban J connectivity index is 2.04. The predicted octanol–water partition coefficient (Wildman–Crippen LogP) is 1.50. The van der Waals surface area contributed by atoms with Crippen molar-refractivity contribution >= 4 is 5.91 Å². The normalized spacial score (nSPS) is 24.7. The molecule has 1 unspecified atom stereocenters. The summed E-state index contributed by atoms with van der Waals surface area (Å²) >= 11 is 0. The Labute approximate surface area is 117 Å². The van der Waals surface area contributed by atoms with Crippen LogP contribution in [0.2, 0.25) is 0 Å². The van der Waals surface area contributed by atoms with Crippen LogP contribution in [0.5, 0.6) is 0 Å². The summed E-state index contributed by atoms with van der Waals surface area (Å²) < 4.78 is 0. The fourth-order valence-electron chi connectivity index (χ4n) is 3.27. The van der Waals surface area contributed by atoms with Crippen LogP contribution >= 0.6 is 0 Å². The fraction of sp³-hybridized carbons (Fsp3) is 0.933. The van der Waals surface area contributed by atoms with Gasteiger partial charge in [0.15, 0.2) is 0 Å². The van der Waals surface area contributed by atoms with Gasteiger partial charge < -0.3 is 16.0 Å². The van der Waals surface area contributed by atoms with Gasteiger partial charge in [-0.2, -0.15) is 0 Å². The molecule has 0 aromatic heterocycles. The van der Waals surface area contributed by atoms with Crippen LogP contribution in [-0.2, 0) is 4.79 Å². The van der Waals surface area contributed by atoms with Gasteiger partial charge in [0, 0.05) is 6.54 Å². The zero-order chi connectivity index (χ0) is 13.7. The molecule has 4 nitrogen and oxygen atoms in total. The van der Waals surface area contributed by atoms with Crippen LogP contribution in [0.4, 0.5) is 0 Å². The minimum Gasteiger partial charge on any atom is -0.368 e. The molecule has 1 saturated carbocycles. The van der Waals surface area contributed by atoms with Gasteiger partial charge in [0.2, 0.25) is 5.91 Å². The standard InChI is InChI=1S/C15H29N3O/c1-2-9-17-15(14(16)19,13-7-8-13)12-18-10-5-3-4-6-11-18/h13,17H,2-12H2,1H3,(H2,16,19). The van der Waals surface area contributed by atoms with Gasteiger partial charge in [0.25, 0.3) is 0 Å². The molecule has 2 aliphatic rings.